The first kappa shape index (κ1) is 10.7. The molecule has 0 saturated carbocycles. The Kier molecular flexibility index (Phi) is 3.25. The summed E-state index contributed by atoms with van der Waals surface area (Å²) in [6, 6.07) is 9.06. The van der Waals surface area contributed by atoms with Crippen molar-refractivity contribution in [1.82, 2.24) is 0 Å². The lowest BCUT2D eigenvalue weighted by molar-refractivity contribution is -0.145. The number of carbonyl (C=O) groups excluding carboxylic acids is 1. The minimum Gasteiger partial charge on any atom is -0.469 e. The number of ether oxygens (including phenoxy) is 1. The van der Waals surface area contributed by atoms with Gasteiger partial charge in [-0.15, -0.1) is 0 Å². The van der Waals surface area contributed by atoms with Crippen LogP contribution in [0, 0.1) is 0 Å². The van der Waals surface area contributed by atoms with Crippen molar-refractivity contribution in [2.24, 2.45) is 0 Å². The standard InChI is InChI=1S/C11H14O3/c1-11(13,8-10(12)14-2)9-6-4-3-5-7-9/h3-7,13H,8H2,1-2H3/t11-/m1/s1. The molecule has 1 N–H and O–H groups in total. The fraction of sp³-hybridized carbons (Fsp3) is 0.364. The summed E-state index contributed by atoms with van der Waals surface area (Å²) in [5, 5.41) is 9.99. The van der Waals surface area contributed by atoms with Gasteiger partial charge in [0.2, 0.25) is 0 Å². The molecule has 76 valence electrons. The number of hydrogen-bond donors (Lipinski definition) is 1. The van der Waals surface area contributed by atoms with E-state index in [1.54, 1.807) is 19.1 Å². The highest BCUT2D eigenvalue weighted by Crippen LogP contribution is 2.24. The molecular weight excluding hydrogens is 180 g/mol. The first-order chi connectivity index (χ1) is 6.56. The largest absolute Gasteiger partial charge is 0.469 e. The van der Waals surface area contributed by atoms with Crippen molar-refractivity contribution < 1.29 is 14.6 Å². The van der Waals surface area contributed by atoms with E-state index in [1.807, 2.05) is 18.2 Å². The van der Waals surface area contributed by atoms with E-state index >= 15 is 0 Å². The molecule has 3 nitrogen and oxygen atoms in total. The molecule has 1 aromatic carbocycles. The molecule has 0 aliphatic rings. The van der Waals surface area contributed by atoms with Gasteiger partial charge in [-0.3, -0.25) is 4.79 Å². The Balaban J connectivity index is 2.80. The molecule has 0 aliphatic carbocycles. The second-order valence-electron chi connectivity index (χ2n) is 3.39. The quantitative estimate of drug-likeness (QED) is 0.741. The van der Waals surface area contributed by atoms with Crippen LogP contribution in [0.2, 0.25) is 0 Å². The number of hydrogen-bond acceptors (Lipinski definition) is 3. The first-order valence-corrected chi connectivity index (χ1v) is 4.41. The van der Waals surface area contributed by atoms with E-state index < -0.39 is 11.6 Å². The van der Waals surface area contributed by atoms with E-state index in [2.05, 4.69) is 4.74 Å². The highest BCUT2D eigenvalue weighted by Gasteiger charge is 2.26. The molecule has 0 unspecified atom stereocenters. The van der Waals surface area contributed by atoms with Crippen molar-refractivity contribution in [3.05, 3.63) is 35.9 Å². The second-order valence-corrected chi connectivity index (χ2v) is 3.39. The lowest BCUT2D eigenvalue weighted by Gasteiger charge is -2.22. The van der Waals surface area contributed by atoms with Crippen LogP contribution in [0.15, 0.2) is 30.3 Å². The Morgan fingerprint density at radius 2 is 2.00 bits per heavy atom. The van der Waals surface area contributed by atoms with Gasteiger partial charge < -0.3 is 9.84 Å². The molecule has 1 aromatic rings. The number of carbonyl (C=O) groups is 1. The van der Waals surface area contributed by atoms with Gasteiger partial charge in [0.25, 0.3) is 0 Å². The topological polar surface area (TPSA) is 46.5 Å². The van der Waals surface area contributed by atoms with Crippen molar-refractivity contribution in [2.75, 3.05) is 7.11 Å². The molecule has 1 rings (SSSR count). The fourth-order valence-electron chi connectivity index (χ4n) is 1.25. The average molecular weight is 194 g/mol. The lowest BCUT2D eigenvalue weighted by atomic mass is 9.93. The SMILES string of the molecule is COC(=O)C[C@@](C)(O)c1ccccc1. The molecule has 0 fully saturated rings. The summed E-state index contributed by atoms with van der Waals surface area (Å²) < 4.78 is 4.51. The van der Waals surface area contributed by atoms with Crippen LogP contribution in [0.4, 0.5) is 0 Å². The molecule has 14 heavy (non-hydrogen) atoms. The number of esters is 1. The Bertz CT molecular complexity index is 304. The third-order valence-corrected chi connectivity index (χ3v) is 2.11. The van der Waals surface area contributed by atoms with E-state index in [1.165, 1.54) is 7.11 Å². The lowest BCUT2D eigenvalue weighted by Crippen LogP contribution is -2.25. The summed E-state index contributed by atoms with van der Waals surface area (Å²) in [5.74, 6) is -0.418. The van der Waals surface area contributed by atoms with Crippen LogP contribution in [0.5, 0.6) is 0 Å². The number of methoxy groups -OCH3 is 1. The van der Waals surface area contributed by atoms with Crippen LogP contribution in [-0.2, 0) is 15.1 Å². The summed E-state index contributed by atoms with van der Waals surface area (Å²) in [6.45, 7) is 1.60. The van der Waals surface area contributed by atoms with Crippen LogP contribution >= 0.6 is 0 Å². The number of rotatable bonds is 3. The Labute approximate surface area is 83.3 Å². The van der Waals surface area contributed by atoms with Crippen molar-refractivity contribution in [3.8, 4) is 0 Å². The van der Waals surface area contributed by atoms with Gasteiger partial charge in [0.05, 0.1) is 19.1 Å². The van der Waals surface area contributed by atoms with Crippen molar-refractivity contribution >= 4 is 5.97 Å². The second kappa shape index (κ2) is 4.24. The van der Waals surface area contributed by atoms with Crippen molar-refractivity contribution in [1.29, 1.82) is 0 Å². The van der Waals surface area contributed by atoms with E-state index in [4.69, 9.17) is 0 Å². The highest BCUT2D eigenvalue weighted by molar-refractivity contribution is 5.70. The molecule has 0 bridgehead atoms. The monoisotopic (exact) mass is 194 g/mol. The number of aliphatic hydroxyl groups is 1. The Morgan fingerprint density at radius 1 is 1.43 bits per heavy atom. The van der Waals surface area contributed by atoms with Gasteiger partial charge in [-0.1, -0.05) is 30.3 Å². The molecule has 0 amide bonds. The maximum Gasteiger partial charge on any atom is 0.308 e. The van der Waals surface area contributed by atoms with E-state index in [0.717, 1.165) is 0 Å². The first-order valence-electron chi connectivity index (χ1n) is 4.41. The van der Waals surface area contributed by atoms with Gasteiger partial charge in [-0.25, -0.2) is 0 Å². The van der Waals surface area contributed by atoms with Crippen LogP contribution < -0.4 is 0 Å². The summed E-state index contributed by atoms with van der Waals surface area (Å²) in [7, 11) is 1.31. The van der Waals surface area contributed by atoms with Crippen LogP contribution in [-0.4, -0.2) is 18.2 Å². The van der Waals surface area contributed by atoms with Gasteiger partial charge in [0.15, 0.2) is 0 Å². The van der Waals surface area contributed by atoms with Crippen molar-refractivity contribution in [2.45, 2.75) is 18.9 Å². The zero-order chi connectivity index (χ0) is 10.6. The fourth-order valence-corrected chi connectivity index (χ4v) is 1.25. The normalized spacial score (nSPS) is 14.5. The molecular formula is C11H14O3. The van der Waals surface area contributed by atoms with Crippen LogP contribution in [0.1, 0.15) is 18.9 Å². The molecule has 3 heteroatoms. The Morgan fingerprint density at radius 3 is 2.50 bits per heavy atom. The Hall–Kier alpha value is -1.35. The van der Waals surface area contributed by atoms with Gasteiger partial charge in [0.1, 0.15) is 0 Å². The molecule has 1 atom stereocenters. The third-order valence-electron chi connectivity index (χ3n) is 2.11. The summed E-state index contributed by atoms with van der Waals surface area (Å²) in [6.07, 6.45) is -0.0342. The minimum absolute atomic E-state index is 0.0342. The summed E-state index contributed by atoms with van der Waals surface area (Å²) in [5.41, 5.74) is -0.445. The predicted molar refractivity (Wildman–Crippen MR) is 52.6 cm³/mol. The molecule has 0 aromatic heterocycles. The maximum absolute atomic E-state index is 11.0. The smallest absolute Gasteiger partial charge is 0.308 e. The van der Waals surface area contributed by atoms with Gasteiger partial charge >= 0.3 is 5.97 Å². The number of benzene rings is 1. The van der Waals surface area contributed by atoms with E-state index in [9.17, 15) is 9.90 Å². The maximum atomic E-state index is 11.0. The summed E-state index contributed by atoms with van der Waals surface area (Å²) in [4.78, 5) is 11.0. The molecule has 0 spiro atoms. The minimum atomic E-state index is -1.16. The molecule has 0 saturated heterocycles. The van der Waals surface area contributed by atoms with Crippen LogP contribution in [0.3, 0.4) is 0 Å². The average Bonchev–Trinajstić information content (AvgIpc) is 2.18. The third kappa shape index (κ3) is 2.57. The van der Waals surface area contributed by atoms with E-state index in [0.29, 0.717) is 5.56 Å². The van der Waals surface area contributed by atoms with Crippen LogP contribution in [0.25, 0.3) is 0 Å². The zero-order valence-corrected chi connectivity index (χ0v) is 8.36. The summed E-state index contributed by atoms with van der Waals surface area (Å²) >= 11 is 0. The van der Waals surface area contributed by atoms with Gasteiger partial charge in [-0.05, 0) is 12.5 Å². The van der Waals surface area contributed by atoms with E-state index in [-0.39, 0.29) is 6.42 Å². The molecule has 0 heterocycles. The molecule has 0 aliphatic heterocycles. The molecule has 0 radical (unpaired) electrons. The van der Waals surface area contributed by atoms with Crippen molar-refractivity contribution in [3.63, 3.8) is 0 Å². The van der Waals surface area contributed by atoms with Gasteiger partial charge in [-0.2, -0.15) is 0 Å². The highest BCUT2D eigenvalue weighted by atomic mass is 16.5. The van der Waals surface area contributed by atoms with Gasteiger partial charge in [0, 0.05) is 0 Å². The predicted octanol–water partition coefficient (Wildman–Crippen LogP) is 1.46. The zero-order valence-electron chi connectivity index (χ0n) is 8.36.